The molecule has 0 bridgehead atoms. The highest BCUT2D eigenvalue weighted by atomic mass is 79.9. The zero-order valence-corrected chi connectivity index (χ0v) is 8.95. The van der Waals surface area contributed by atoms with Crippen molar-refractivity contribution in [3.63, 3.8) is 0 Å². The van der Waals surface area contributed by atoms with Gasteiger partial charge in [0.05, 0.1) is 4.47 Å². The van der Waals surface area contributed by atoms with Crippen LogP contribution in [-0.2, 0) is 4.79 Å². The van der Waals surface area contributed by atoms with Gasteiger partial charge >= 0.3 is 5.97 Å². The second-order valence-corrected chi connectivity index (χ2v) is 3.50. The predicted molar refractivity (Wildman–Crippen MR) is 55.3 cm³/mol. The normalized spacial score (nSPS) is 10.9. The van der Waals surface area contributed by atoms with Gasteiger partial charge in [0.25, 0.3) is 0 Å². The number of carboxylic acid groups (broad SMARTS) is 1. The van der Waals surface area contributed by atoms with Crippen LogP contribution in [0.2, 0.25) is 0 Å². The maximum absolute atomic E-state index is 12.8. The molecule has 1 rings (SSSR count). The minimum Gasteiger partial charge on any atom is -0.477 e. The van der Waals surface area contributed by atoms with Gasteiger partial charge in [-0.2, -0.15) is 5.26 Å². The van der Waals surface area contributed by atoms with E-state index in [2.05, 4.69) is 15.9 Å². The first-order valence-corrected chi connectivity index (χ1v) is 4.64. The minimum absolute atomic E-state index is 0.221. The molecule has 1 aromatic carbocycles. The van der Waals surface area contributed by atoms with Crippen LogP contribution in [0.25, 0.3) is 6.08 Å². The Morgan fingerprint density at radius 1 is 1.60 bits per heavy atom. The summed E-state index contributed by atoms with van der Waals surface area (Å²) in [6, 6.07) is 5.51. The van der Waals surface area contributed by atoms with Gasteiger partial charge in [-0.25, -0.2) is 9.18 Å². The Morgan fingerprint density at radius 2 is 2.27 bits per heavy atom. The van der Waals surface area contributed by atoms with E-state index in [-0.39, 0.29) is 4.47 Å². The van der Waals surface area contributed by atoms with E-state index in [1.807, 2.05) is 0 Å². The molecule has 15 heavy (non-hydrogen) atoms. The van der Waals surface area contributed by atoms with Gasteiger partial charge in [-0.05, 0) is 39.7 Å². The Balaban J connectivity index is 3.14. The lowest BCUT2D eigenvalue weighted by Crippen LogP contribution is -1.97. The van der Waals surface area contributed by atoms with Gasteiger partial charge in [0.2, 0.25) is 0 Å². The quantitative estimate of drug-likeness (QED) is 0.663. The molecule has 0 saturated heterocycles. The molecule has 1 N–H and O–H groups in total. The van der Waals surface area contributed by atoms with E-state index in [1.54, 1.807) is 0 Å². The molecule has 1 aromatic rings. The Bertz CT molecular complexity index is 477. The molecule has 5 heteroatoms. The van der Waals surface area contributed by atoms with Gasteiger partial charge in [-0.1, -0.05) is 6.07 Å². The van der Waals surface area contributed by atoms with Crippen molar-refractivity contribution in [2.24, 2.45) is 0 Å². The summed E-state index contributed by atoms with van der Waals surface area (Å²) in [5, 5.41) is 17.1. The number of nitrogens with zero attached hydrogens (tertiary/aromatic N) is 1. The molecule has 0 aliphatic heterocycles. The number of rotatable bonds is 2. The molecule has 0 fully saturated rings. The first-order chi connectivity index (χ1) is 7.04. The molecule has 0 aliphatic rings. The van der Waals surface area contributed by atoms with Crippen molar-refractivity contribution in [2.75, 3.05) is 0 Å². The van der Waals surface area contributed by atoms with E-state index >= 15 is 0 Å². The molecule has 0 heterocycles. The van der Waals surface area contributed by atoms with Crippen LogP contribution in [0.5, 0.6) is 0 Å². The van der Waals surface area contributed by atoms with E-state index in [0.717, 1.165) is 0 Å². The van der Waals surface area contributed by atoms with Crippen LogP contribution < -0.4 is 0 Å². The highest BCUT2D eigenvalue weighted by Gasteiger charge is 2.06. The van der Waals surface area contributed by atoms with E-state index in [1.165, 1.54) is 30.3 Å². The van der Waals surface area contributed by atoms with Crippen LogP contribution in [0.1, 0.15) is 5.56 Å². The van der Waals surface area contributed by atoms with Gasteiger partial charge in [0, 0.05) is 0 Å². The minimum atomic E-state index is -1.31. The molecule has 0 unspecified atom stereocenters. The van der Waals surface area contributed by atoms with Crippen molar-refractivity contribution in [1.82, 2.24) is 0 Å². The number of nitriles is 1. The van der Waals surface area contributed by atoms with Crippen molar-refractivity contribution in [2.45, 2.75) is 0 Å². The zero-order chi connectivity index (χ0) is 11.4. The van der Waals surface area contributed by atoms with Gasteiger partial charge in [-0.3, -0.25) is 0 Å². The lowest BCUT2D eigenvalue weighted by atomic mass is 10.1. The number of hydrogen-bond donors (Lipinski definition) is 1. The number of benzene rings is 1. The predicted octanol–water partition coefficient (Wildman–Crippen LogP) is 2.58. The summed E-state index contributed by atoms with van der Waals surface area (Å²) in [7, 11) is 0. The largest absolute Gasteiger partial charge is 0.477 e. The van der Waals surface area contributed by atoms with Crippen LogP contribution in [0, 0.1) is 17.1 Å². The second kappa shape index (κ2) is 4.71. The van der Waals surface area contributed by atoms with E-state index in [0.29, 0.717) is 5.56 Å². The van der Waals surface area contributed by atoms with Crippen LogP contribution in [-0.4, -0.2) is 11.1 Å². The molecule has 0 amide bonds. The number of carboxylic acids is 1. The second-order valence-electron chi connectivity index (χ2n) is 2.65. The average molecular weight is 270 g/mol. The monoisotopic (exact) mass is 269 g/mol. The fourth-order valence-corrected chi connectivity index (χ4v) is 1.31. The Labute approximate surface area is 93.6 Å². The Morgan fingerprint density at radius 3 is 2.73 bits per heavy atom. The fourth-order valence-electron chi connectivity index (χ4n) is 0.911. The van der Waals surface area contributed by atoms with Crippen molar-refractivity contribution < 1.29 is 14.3 Å². The van der Waals surface area contributed by atoms with Crippen LogP contribution in [0.3, 0.4) is 0 Å². The summed E-state index contributed by atoms with van der Waals surface area (Å²) in [4.78, 5) is 10.5. The summed E-state index contributed by atoms with van der Waals surface area (Å²) in [5.74, 6) is -1.75. The van der Waals surface area contributed by atoms with Gasteiger partial charge in [0.15, 0.2) is 0 Å². The molecule has 0 aromatic heterocycles. The third-order valence-electron chi connectivity index (χ3n) is 1.61. The third-order valence-corrected chi connectivity index (χ3v) is 2.21. The lowest BCUT2D eigenvalue weighted by Gasteiger charge is -1.97. The summed E-state index contributed by atoms with van der Waals surface area (Å²) >= 11 is 2.96. The summed E-state index contributed by atoms with van der Waals surface area (Å²) in [6.07, 6.45) is 1.17. The molecule has 0 aliphatic carbocycles. The number of halogens is 2. The van der Waals surface area contributed by atoms with E-state index in [9.17, 15) is 9.18 Å². The van der Waals surface area contributed by atoms with Crippen LogP contribution in [0.15, 0.2) is 28.2 Å². The van der Waals surface area contributed by atoms with Crippen molar-refractivity contribution in [3.05, 3.63) is 39.6 Å². The number of carbonyl (C=O) groups is 1. The highest BCUT2D eigenvalue weighted by molar-refractivity contribution is 9.10. The van der Waals surface area contributed by atoms with E-state index in [4.69, 9.17) is 10.4 Å². The van der Waals surface area contributed by atoms with Gasteiger partial charge < -0.3 is 5.11 Å². The smallest absolute Gasteiger partial charge is 0.346 e. The zero-order valence-electron chi connectivity index (χ0n) is 7.37. The molecular formula is C10H5BrFNO2. The molecular weight excluding hydrogens is 265 g/mol. The maximum atomic E-state index is 12.8. The Hall–Kier alpha value is -1.67. The van der Waals surface area contributed by atoms with Crippen LogP contribution >= 0.6 is 15.9 Å². The molecule has 0 saturated carbocycles. The summed E-state index contributed by atoms with van der Waals surface area (Å²) in [6.45, 7) is 0. The first-order valence-electron chi connectivity index (χ1n) is 3.84. The molecule has 0 spiro atoms. The first kappa shape index (κ1) is 11.4. The molecule has 0 atom stereocenters. The lowest BCUT2D eigenvalue weighted by molar-refractivity contribution is -0.132. The highest BCUT2D eigenvalue weighted by Crippen LogP contribution is 2.18. The Kier molecular flexibility index (Phi) is 3.58. The molecule has 76 valence electrons. The SMILES string of the molecule is N#C/C(=C\c1ccc(F)c(Br)c1)C(=O)O. The molecule has 3 nitrogen and oxygen atoms in total. The molecule has 0 radical (unpaired) electrons. The fraction of sp³-hybridized carbons (Fsp3) is 0. The van der Waals surface area contributed by atoms with E-state index < -0.39 is 17.4 Å². The van der Waals surface area contributed by atoms with Crippen molar-refractivity contribution >= 4 is 28.0 Å². The maximum Gasteiger partial charge on any atom is 0.346 e. The standard InChI is InChI=1S/C10H5BrFNO2/c11-8-4-6(1-2-9(8)12)3-7(5-13)10(14)15/h1-4H,(H,14,15)/b7-3+. The van der Waals surface area contributed by atoms with Crippen LogP contribution in [0.4, 0.5) is 4.39 Å². The van der Waals surface area contributed by atoms with Crippen molar-refractivity contribution in [1.29, 1.82) is 5.26 Å². The summed E-state index contributed by atoms with van der Waals surface area (Å²) in [5.41, 5.74) is 0.0516. The number of aliphatic carboxylic acids is 1. The number of hydrogen-bond acceptors (Lipinski definition) is 2. The van der Waals surface area contributed by atoms with Gasteiger partial charge in [0.1, 0.15) is 17.5 Å². The summed E-state index contributed by atoms with van der Waals surface area (Å²) < 4.78 is 13.0. The third kappa shape index (κ3) is 2.89. The van der Waals surface area contributed by atoms with Crippen molar-refractivity contribution in [3.8, 4) is 6.07 Å². The topological polar surface area (TPSA) is 61.1 Å². The van der Waals surface area contributed by atoms with Gasteiger partial charge in [-0.15, -0.1) is 0 Å². The average Bonchev–Trinajstić information content (AvgIpc) is 2.19.